The van der Waals surface area contributed by atoms with Gasteiger partial charge in [0.25, 0.3) is 0 Å². The van der Waals surface area contributed by atoms with Gasteiger partial charge in [0.1, 0.15) is 6.10 Å². The molecule has 0 atom stereocenters. The molecular weight excluding hydrogens is 317 g/mol. The molecule has 4 nitrogen and oxygen atoms in total. The van der Waals surface area contributed by atoms with Crippen LogP contribution in [0.25, 0.3) is 0 Å². The molecule has 0 amide bonds. The molecule has 122 valence electrons. The number of nitrogens with one attached hydrogen (secondary N) is 1. The van der Waals surface area contributed by atoms with E-state index < -0.39 is 5.82 Å². The van der Waals surface area contributed by atoms with E-state index in [0.29, 0.717) is 11.6 Å². The van der Waals surface area contributed by atoms with Crippen molar-refractivity contribution in [3.05, 3.63) is 46.9 Å². The van der Waals surface area contributed by atoms with Gasteiger partial charge in [0.15, 0.2) is 11.6 Å². The van der Waals surface area contributed by atoms with Gasteiger partial charge in [-0.15, -0.1) is 0 Å². The minimum absolute atomic E-state index is 0.137. The predicted octanol–water partition coefficient (Wildman–Crippen LogP) is 4.59. The standard InChI is InChI=1S/C17H19ClFN3O/c18-13-8-6-12(7-9-13)10-20-16-15(19)11-21-17(22-16)23-14-4-2-1-3-5-14/h6-9,11,14H,1-5,10H2,(H,20,21,22). The molecule has 0 spiro atoms. The summed E-state index contributed by atoms with van der Waals surface area (Å²) in [5.41, 5.74) is 0.988. The Morgan fingerprint density at radius 2 is 1.91 bits per heavy atom. The molecule has 0 unspecified atom stereocenters. The van der Waals surface area contributed by atoms with Gasteiger partial charge in [-0.2, -0.15) is 4.98 Å². The minimum Gasteiger partial charge on any atom is -0.460 e. The summed E-state index contributed by atoms with van der Waals surface area (Å²) in [7, 11) is 0. The summed E-state index contributed by atoms with van der Waals surface area (Å²) < 4.78 is 19.6. The van der Waals surface area contributed by atoms with Crippen LogP contribution >= 0.6 is 11.6 Å². The smallest absolute Gasteiger partial charge is 0.318 e. The Hall–Kier alpha value is -1.88. The van der Waals surface area contributed by atoms with Crippen molar-refractivity contribution in [3.63, 3.8) is 0 Å². The normalized spacial score (nSPS) is 15.4. The first-order valence-corrected chi connectivity index (χ1v) is 8.26. The number of hydrogen-bond donors (Lipinski definition) is 1. The van der Waals surface area contributed by atoms with E-state index in [2.05, 4.69) is 15.3 Å². The quantitative estimate of drug-likeness (QED) is 0.868. The zero-order valence-electron chi connectivity index (χ0n) is 12.8. The van der Waals surface area contributed by atoms with Crippen LogP contribution in [0.1, 0.15) is 37.7 Å². The number of anilines is 1. The molecule has 1 heterocycles. The molecule has 0 saturated heterocycles. The average Bonchev–Trinajstić information content (AvgIpc) is 2.58. The second-order valence-corrected chi connectivity index (χ2v) is 6.14. The zero-order chi connectivity index (χ0) is 16.1. The summed E-state index contributed by atoms with van der Waals surface area (Å²) in [6.45, 7) is 0.452. The maximum atomic E-state index is 13.9. The number of ether oxygens (including phenoxy) is 1. The first kappa shape index (κ1) is 16.0. The highest BCUT2D eigenvalue weighted by Gasteiger charge is 2.17. The maximum Gasteiger partial charge on any atom is 0.318 e. The summed E-state index contributed by atoms with van der Waals surface area (Å²) in [5.74, 6) is -0.337. The van der Waals surface area contributed by atoms with Crippen LogP contribution < -0.4 is 10.1 Å². The summed E-state index contributed by atoms with van der Waals surface area (Å²) in [5, 5.41) is 3.65. The third-order valence-corrected chi connectivity index (χ3v) is 4.17. The average molecular weight is 336 g/mol. The lowest BCUT2D eigenvalue weighted by molar-refractivity contribution is 0.141. The van der Waals surface area contributed by atoms with E-state index in [4.69, 9.17) is 16.3 Å². The Bertz CT molecular complexity index is 645. The van der Waals surface area contributed by atoms with Crippen LogP contribution in [-0.2, 0) is 6.54 Å². The van der Waals surface area contributed by atoms with Gasteiger partial charge in [0.2, 0.25) is 0 Å². The van der Waals surface area contributed by atoms with Crippen molar-refractivity contribution in [2.75, 3.05) is 5.32 Å². The van der Waals surface area contributed by atoms with Gasteiger partial charge in [-0.05, 0) is 43.4 Å². The highest BCUT2D eigenvalue weighted by molar-refractivity contribution is 6.30. The number of aromatic nitrogens is 2. The van der Waals surface area contributed by atoms with Crippen LogP contribution in [0, 0.1) is 5.82 Å². The third kappa shape index (κ3) is 4.55. The van der Waals surface area contributed by atoms with Gasteiger partial charge < -0.3 is 10.1 Å². The Morgan fingerprint density at radius 1 is 1.17 bits per heavy atom. The van der Waals surface area contributed by atoms with Gasteiger partial charge >= 0.3 is 6.01 Å². The van der Waals surface area contributed by atoms with Gasteiger partial charge in [-0.25, -0.2) is 9.37 Å². The van der Waals surface area contributed by atoms with Crippen molar-refractivity contribution in [2.24, 2.45) is 0 Å². The molecule has 0 radical (unpaired) electrons. The van der Waals surface area contributed by atoms with Crippen molar-refractivity contribution < 1.29 is 9.13 Å². The van der Waals surface area contributed by atoms with Gasteiger partial charge in [-0.1, -0.05) is 30.2 Å². The number of halogens is 2. The van der Waals surface area contributed by atoms with Crippen molar-refractivity contribution in [3.8, 4) is 6.01 Å². The fourth-order valence-corrected chi connectivity index (χ4v) is 2.78. The summed E-state index contributed by atoms with van der Waals surface area (Å²) in [6.07, 6.45) is 6.87. The molecule has 0 aliphatic heterocycles. The van der Waals surface area contributed by atoms with E-state index >= 15 is 0 Å². The molecule has 1 aromatic carbocycles. The molecule has 1 aromatic heterocycles. The van der Waals surface area contributed by atoms with E-state index in [9.17, 15) is 4.39 Å². The van der Waals surface area contributed by atoms with Gasteiger partial charge in [0, 0.05) is 11.6 Å². The predicted molar refractivity (Wildman–Crippen MR) is 88.3 cm³/mol. The monoisotopic (exact) mass is 335 g/mol. The molecule has 23 heavy (non-hydrogen) atoms. The summed E-state index contributed by atoms with van der Waals surface area (Å²) in [6, 6.07) is 7.60. The lowest BCUT2D eigenvalue weighted by atomic mass is 9.98. The molecule has 2 aromatic rings. The number of hydrogen-bond acceptors (Lipinski definition) is 4. The van der Waals surface area contributed by atoms with E-state index in [-0.39, 0.29) is 17.9 Å². The number of rotatable bonds is 5. The highest BCUT2D eigenvalue weighted by Crippen LogP contribution is 2.22. The SMILES string of the molecule is Fc1cnc(OC2CCCCC2)nc1NCc1ccc(Cl)cc1. The first-order valence-electron chi connectivity index (χ1n) is 7.88. The Kier molecular flexibility index (Phi) is 5.28. The van der Waals surface area contributed by atoms with E-state index in [0.717, 1.165) is 37.4 Å². The van der Waals surface area contributed by atoms with Crippen LogP contribution in [0.3, 0.4) is 0 Å². The van der Waals surface area contributed by atoms with Crippen molar-refractivity contribution in [2.45, 2.75) is 44.8 Å². The fourth-order valence-electron chi connectivity index (χ4n) is 2.65. The number of nitrogens with zero attached hydrogens (tertiary/aromatic N) is 2. The summed E-state index contributed by atoms with van der Waals surface area (Å²) >= 11 is 5.85. The van der Waals surface area contributed by atoms with E-state index in [1.165, 1.54) is 6.42 Å². The Balaban J connectivity index is 1.63. The van der Waals surface area contributed by atoms with Crippen LogP contribution in [0.15, 0.2) is 30.5 Å². The largest absolute Gasteiger partial charge is 0.460 e. The number of benzene rings is 1. The first-order chi connectivity index (χ1) is 11.2. The van der Waals surface area contributed by atoms with Gasteiger partial charge in [0.05, 0.1) is 6.20 Å². The van der Waals surface area contributed by atoms with Crippen LogP contribution in [0.2, 0.25) is 5.02 Å². The summed E-state index contributed by atoms with van der Waals surface area (Å²) in [4.78, 5) is 8.09. The Labute approximate surface area is 140 Å². The van der Waals surface area contributed by atoms with Crippen molar-refractivity contribution >= 4 is 17.4 Å². The van der Waals surface area contributed by atoms with Crippen molar-refractivity contribution in [1.82, 2.24) is 9.97 Å². The topological polar surface area (TPSA) is 47.0 Å². The molecular formula is C17H19ClFN3O. The van der Waals surface area contributed by atoms with E-state index in [1.54, 1.807) is 12.1 Å². The second-order valence-electron chi connectivity index (χ2n) is 5.71. The molecule has 1 aliphatic carbocycles. The molecule has 0 bridgehead atoms. The van der Waals surface area contributed by atoms with Crippen LogP contribution in [0.5, 0.6) is 6.01 Å². The van der Waals surface area contributed by atoms with Crippen LogP contribution in [0.4, 0.5) is 10.2 Å². The lowest BCUT2D eigenvalue weighted by Gasteiger charge is -2.21. The molecule has 1 saturated carbocycles. The minimum atomic E-state index is -0.491. The molecule has 1 aliphatic rings. The van der Waals surface area contributed by atoms with Crippen molar-refractivity contribution in [1.29, 1.82) is 0 Å². The third-order valence-electron chi connectivity index (χ3n) is 3.92. The van der Waals surface area contributed by atoms with E-state index in [1.807, 2.05) is 12.1 Å². The highest BCUT2D eigenvalue weighted by atomic mass is 35.5. The lowest BCUT2D eigenvalue weighted by Crippen LogP contribution is -2.21. The Morgan fingerprint density at radius 3 is 2.65 bits per heavy atom. The van der Waals surface area contributed by atoms with Gasteiger partial charge in [-0.3, -0.25) is 0 Å². The maximum absolute atomic E-state index is 13.9. The molecule has 6 heteroatoms. The molecule has 1 fully saturated rings. The molecule has 3 rings (SSSR count). The fraction of sp³-hybridized carbons (Fsp3) is 0.412. The van der Waals surface area contributed by atoms with Crippen LogP contribution in [-0.4, -0.2) is 16.1 Å². The zero-order valence-corrected chi connectivity index (χ0v) is 13.5. The molecule has 1 N–H and O–H groups in total. The second kappa shape index (κ2) is 7.59.